The lowest BCUT2D eigenvalue weighted by Crippen LogP contribution is -2.19. The van der Waals surface area contributed by atoms with E-state index >= 15 is 0 Å². The highest BCUT2D eigenvalue weighted by atomic mass is 79.9. The molecule has 74 valence electrons. The average molecular weight is 256 g/mol. The second kappa shape index (κ2) is 5.14. The van der Waals surface area contributed by atoms with Gasteiger partial charge in [0.2, 0.25) is 0 Å². The lowest BCUT2D eigenvalue weighted by atomic mass is 10.1. The second-order valence-electron chi connectivity index (χ2n) is 2.97. The molecule has 0 heterocycles. The number of terminal acetylenes is 1. The summed E-state index contributed by atoms with van der Waals surface area (Å²) in [6.45, 7) is 2.32. The van der Waals surface area contributed by atoms with E-state index < -0.39 is 0 Å². The molecule has 1 unspecified atom stereocenters. The Labute approximate surface area is 91.8 Å². The Hall–Kier alpha value is -0.850. The highest BCUT2D eigenvalue weighted by molar-refractivity contribution is 9.10. The van der Waals surface area contributed by atoms with E-state index in [0.29, 0.717) is 12.1 Å². The van der Waals surface area contributed by atoms with Crippen LogP contribution in [0.5, 0.6) is 0 Å². The average Bonchev–Trinajstić information content (AvgIpc) is 2.14. The smallest absolute Gasteiger partial charge is 0.129 e. The van der Waals surface area contributed by atoms with Gasteiger partial charge in [0, 0.05) is 16.1 Å². The van der Waals surface area contributed by atoms with E-state index in [4.69, 9.17) is 6.42 Å². The molecule has 0 amide bonds. The van der Waals surface area contributed by atoms with Gasteiger partial charge in [-0.15, -0.1) is 6.42 Å². The zero-order chi connectivity index (χ0) is 10.6. The number of rotatable bonds is 3. The van der Waals surface area contributed by atoms with Crippen LogP contribution in [0.1, 0.15) is 18.5 Å². The number of nitrogens with one attached hydrogen (secondary N) is 1. The minimum Gasteiger partial charge on any atom is -0.299 e. The van der Waals surface area contributed by atoms with E-state index in [9.17, 15) is 4.39 Å². The summed E-state index contributed by atoms with van der Waals surface area (Å²) in [5, 5.41) is 3.02. The molecule has 1 nitrogen and oxygen atoms in total. The van der Waals surface area contributed by atoms with E-state index in [0.717, 1.165) is 4.47 Å². The van der Waals surface area contributed by atoms with E-state index in [-0.39, 0.29) is 11.9 Å². The Balaban J connectivity index is 2.80. The molecule has 0 radical (unpaired) electrons. The molecule has 0 fully saturated rings. The van der Waals surface area contributed by atoms with E-state index in [1.807, 2.05) is 13.0 Å². The van der Waals surface area contributed by atoms with Crippen molar-refractivity contribution in [3.8, 4) is 12.3 Å². The Morgan fingerprint density at radius 1 is 1.64 bits per heavy atom. The third kappa shape index (κ3) is 2.83. The number of hydrogen-bond acceptors (Lipinski definition) is 1. The molecule has 0 saturated heterocycles. The second-order valence-corrected chi connectivity index (χ2v) is 3.89. The first-order chi connectivity index (χ1) is 6.65. The maximum absolute atomic E-state index is 13.4. The van der Waals surface area contributed by atoms with E-state index in [1.165, 1.54) is 6.07 Å². The largest absolute Gasteiger partial charge is 0.299 e. The van der Waals surface area contributed by atoms with Crippen molar-refractivity contribution in [2.75, 3.05) is 6.54 Å². The predicted molar refractivity (Wildman–Crippen MR) is 59.4 cm³/mol. The lowest BCUT2D eigenvalue weighted by Gasteiger charge is -2.13. The monoisotopic (exact) mass is 255 g/mol. The van der Waals surface area contributed by atoms with Gasteiger partial charge in [-0.1, -0.05) is 27.9 Å². The number of halogens is 2. The minimum atomic E-state index is -0.226. The maximum Gasteiger partial charge on any atom is 0.129 e. The van der Waals surface area contributed by atoms with Gasteiger partial charge >= 0.3 is 0 Å². The van der Waals surface area contributed by atoms with Gasteiger partial charge in [-0.2, -0.15) is 0 Å². The molecule has 1 rings (SSSR count). The number of hydrogen-bond donors (Lipinski definition) is 1. The molecule has 1 aromatic carbocycles. The summed E-state index contributed by atoms with van der Waals surface area (Å²) in [5.74, 6) is 2.23. The normalized spacial score (nSPS) is 12.1. The summed E-state index contributed by atoms with van der Waals surface area (Å²) >= 11 is 3.21. The van der Waals surface area contributed by atoms with Crippen LogP contribution >= 0.6 is 15.9 Å². The summed E-state index contributed by atoms with van der Waals surface area (Å²) in [4.78, 5) is 0. The molecule has 0 aliphatic carbocycles. The molecule has 0 bridgehead atoms. The molecule has 1 N–H and O–H groups in total. The van der Waals surface area contributed by atoms with Crippen molar-refractivity contribution in [3.05, 3.63) is 34.1 Å². The fraction of sp³-hybridized carbons (Fsp3) is 0.273. The van der Waals surface area contributed by atoms with Crippen LogP contribution in [0.2, 0.25) is 0 Å². The molecule has 1 atom stereocenters. The first-order valence-electron chi connectivity index (χ1n) is 4.27. The van der Waals surface area contributed by atoms with Gasteiger partial charge in [-0.25, -0.2) is 4.39 Å². The van der Waals surface area contributed by atoms with Crippen molar-refractivity contribution in [1.29, 1.82) is 0 Å². The highest BCUT2D eigenvalue weighted by Gasteiger charge is 2.09. The fourth-order valence-corrected chi connectivity index (χ4v) is 1.51. The Kier molecular flexibility index (Phi) is 4.12. The SMILES string of the molecule is C#CCNC(C)c1ccc(Br)cc1F. The Morgan fingerprint density at radius 2 is 2.36 bits per heavy atom. The van der Waals surface area contributed by atoms with Gasteiger partial charge in [0.25, 0.3) is 0 Å². The summed E-state index contributed by atoms with van der Waals surface area (Å²) in [6, 6.07) is 4.93. The van der Waals surface area contributed by atoms with Crippen LogP contribution < -0.4 is 5.32 Å². The van der Waals surface area contributed by atoms with Crippen molar-refractivity contribution in [2.45, 2.75) is 13.0 Å². The molecule has 0 aliphatic rings. The maximum atomic E-state index is 13.4. The van der Waals surface area contributed by atoms with Crippen molar-refractivity contribution < 1.29 is 4.39 Å². The van der Waals surface area contributed by atoms with Crippen LogP contribution in [-0.4, -0.2) is 6.54 Å². The van der Waals surface area contributed by atoms with Crippen molar-refractivity contribution >= 4 is 15.9 Å². The van der Waals surface area contributed by atoms with Crippen LogP contribution in [0, 0.1) is 18.2 Å². The summed E-state index contributed by atoms with van der Waals surface area (Å²) < 4.78 is 14.1. The third-order valence-electron chi connectivity index (χ3n) is 1.94. The molecular weight excluding hydrogens is 245 g/mol. The topological polar surface area (TPSA) is 12.0 Å². The quantitative estimate of drug-likeness (QED) is 0.820. The molecule has 14 heavy (non-hydrogen) atoms. The first-order valence-corrected chi connectivity index (χ1v) is 5.06. The standard InChI is InChI=1S/C11H11BrFN/c1-3-6-14-8(2)10-5-4-9(12)7-11(10)13/h1,4-5,7-8,14H,6H2,2H3. The minimum absolute atomic E-state index is 0.0702. The van der Waals surface area contributed by atoms with Gasteiger partial charge < -0.3 is 0 Å². The van der Waals surface area contributed by atoms with Crippen LogP contribution in [0.3, 0.4) is 0 Å². The summed E-state index contributed by atoms with van der Waals surface area (Å²) in [6.07, 6.45) is 5.10. The number of benzene rings is 1. The third-order valence-corrected chi connectivity index (χ3v) is 2.43. The lowest BCUT2D eigenvalue weighted by molar-refractivity contribution is 0.551. The molecule has 0 saturated carbocycles. The van der Waals surface area contributed by atoms with Crippen LogP contribution in [0.15, 0.2) is 22.7 Å². The summed E-state index contributed by atoms with van der Waals surface area (Å²) in [5.41, 5.74) is 0.628. The van der Waals surface area contributed by atoms with Gasteiger partial charge in [-0.05, 0) is 19.1 Å². The Bertz CT molecular complexity index is 357. The van der Waals surface area contributed by atoms with E-state index in [1.54, 1.807) is 6.07 Å². The molecule has 1 aromatic rings. The molecule has 3 heteroatoms. The Morgan fingerprint density at radius 3 is 2.93 bits per heavy atom. The van der Waals surface area contributed by atoms with Gasteiger partial charge in [0.05, 0.1) is 6.54 Å². The molecular formula is C11H11BrFN. The van der Waals surface area contributed by atoms with Gasteiger partial charge in [0.1, 0.15) is 5.82 Å². The molecule has 0 aromatic heterocycles. The van der Waals surface area contributed by atoms with Gasteiger partial charge in [-0.3, -0.25) is 5.32 Å². The summed E-state index contributed by atoms with van der Waals surface area (Å²) in [7, 11) is 0. The van der Waals surface area contributed by atoms with Crippen LogP contribution in [0.4, 0.5) is 4.39 Å². The zero-order valence-electron chi connectivity index (χ0n) is 7.85. The van der Waals surface area contributed by atoms with E-state index in [2.05, 4.69) is 27.2 Å². The zero-order valence-corrected chi connectivity index (χ0v) is 9.44. The van der Waals surface area contributed by atoms with Crippen molar-refractivity contribution in [1.82, 2.24) is 5.32 Å². The first kappa shape index (κ1) is 11.2. The van der Waals surface area contributed by atoms with Crippen molar-refractivity contribution in [3.63, 3.8) is 0 Å². The fourth-order valence-electron chi connectivity index (χ4n) is 1.17. The predicted octanol–water partition coefficient (Wildman–Crippen LogP) is 2.87. The van der Waals surface area contributed by atoms with Gasteiger partial charge in [0.15, 0.2) is 0 Å². The van der Waals surface area contributed by atoms with Crippen molar-refractivity contribution in [2.24, 2.45) is 0 Å². The molecule has 0 aliphatic heterocycles. The molecule has 0 spiro atoms. The highest BCUT2D eigenvalue weighted by Crippen LogP contribution is 2.20. The van der Waals surface area contributed by atoms with Crippen LogP contribution in [-0.2, 0) is 0 Å². The van der Waals surface area contributed by atoms with Crippen LogP contribution in [0.25, 0.3) is 0 Å².